The number of hydrogen-bond acceptors (Lipinski definition) is 8. The predicted octanol–water partition coefficient (Wildman–Crippen LogP) is 7.67. The summed E-state index contributed by atoms with van der Waals surface area (Å²) in [5, 5.41) is 0. The first kappa shape index (κ1) is 32.6. The molecule has 3 aromatic heterocycles. The molecule has 4 aromatic rings. The number of halogens is 1. The summed E-state index contributed by atoms with van der Waals surface area (Å²) in [6, 6.07) is 11.8. The average molecular weight is 659 g/mol. The van der Waals surface area contributed by atoms with Gasteiger partial charge in [-0.15, -0.1) is 11.3 Å². The normalized spacial score (nSPS) is 15.5. The van der Waals surface area contributed by atoms with E-state index in [0.29, 0.717) is 66.4 Å². The van der Waals surface area contributed by atoms with E-state index < -0.39 is 11.4 Å². The number of Topliss-reactive ketones (excluding diaryl/α,β-unsaturated/α-hetero) is 1. The number of ether oxygens (including phenoxy) is 2. The molecule has 0 radical (unpaired) electrons. The van der Waals surface area contributed by atoms with E-state index >= 15 is 0 Å². The van der Waals surface area contributed by atoms with E-state index in [1.54, 1.807) is 53.5 Å². The molecule has 1 aromatic carbocycles. The first-order chi connectivity index (χ1) is 22.4. The van der Waals surface area contributed by atoms with Gasteiger partial charge in [0, 0.05) is 57.5 Å². The molecule has 1 saturated heterocycles. The summed E-state index contributed by atoms with van der Waals surface area (Å²) in [5.41, 5.74) is 1.94. The Bertz CT molecular complexity index is 1790. The minimum absolute atomic E-state index is 0.00738. The van der Waals surface area contributed by atoms with Crippen LogP contribution in [0.5, 0.6) is 11.5 Å². The number of likely N-dealkylation sites (tertiary alicyclic amines) is 1. The van der Waals surface area contributed by atoms with Crippen molar-refractivity contribution in [3.8, 4) is 22.1 Å². The number of aromatic nitrogens is 2. The molecular formula is C36H39FN4O5S. The van der Waals surface area contributed by atoms with E-state index in [4.69, 9.17) is 9.47 Å². The summed E-state index contributed by atoms with van der Waals surface area (Å²) in [6.45, 7) is 6.59. The van der Waals surface area contributed by atoms with Crippen LogP contribution in [0.2, 0.25) is 0 Å². The van der Waals surface area contributed by atoms with E-state index in [-0.39, 0.29) is 36.0 Å². The highest BCUT2D eigenvalue weighted by Crippen LogP contribution is 2.39. The van der Waals surface area contributed by atoms with Crippen molar-refractivity contribution in [1.29, 1.82) is 0 Å². The second-order valence-corrected chi connectivity index (χ2v) is 14.5. The third-order valence-corrected chi connectivity index (χ3v) is 9.61. The van der Waals surface area contributed by atoms with Gasteiger partial charge in [-0.25, -0.2) is 9.18 Å². The van der Waals surface area contributed by atoms with Gasteiger partial charge < -0.3 is 19.3 Å². The fraction of sp³-hybridized carbons (Fsp3) is 0.417. The SMILES string of the molecule is CN(C(=O)OC(C)(C)C)C1CCN(C(=O)c2ccc(-c3cc4nccc(Oc5ccc(CC(=O)CC6CC6)cc5F)c4s3)nc2)CC1. The van der Waals surface area contributed by atoms with Gasteiger partial charge in [0.05, 0.1) is 26.4 Å². The van der Waals surface area contributed by atoms with Crippen LogP contribution in [0.15, 0.2) is 54.9 Å². The molecule has 1 aliphatic carbocycles. The lowest BCUT2D eigenvalue weighted by molar-refractivity contribution is -0.118. The second kappa shape index (κ2) is 13.4. The van der Waals surface area contributed by atoms with Crippen LogP contribution in [0.4, 0.5) is 9.18 Å². The van der Waals surface area contributed by atoms with Gasteiger partial charge in [-0.05, 0) is 88.3 Å². The molecule has 246 valence electrons. The maximum atomic E-state index is 15.0. The zero-order valence-corrected chi connectivity index (χ0v) is 27.9. The van der Waals surface area contributed by atoms with E-state index in [1.807, 2.05) is 32.9 Å². The predicted molar refractivity (Wildman–Crippen MR) is 178 cm³/mol. The van der Waals surface area contributed by atoms with Gasteiger partial charge in [0.1, 0.15) is 17.1 Å². The Labute approximate surface area is 277 Å². The Morgan fingerprint density at radius 3 is 2.43 bits per heavy atom. The molecule has 2 fully saturated rings. The Morgan fingerprint density at radius 1 is 1.00 bits per heavy atom. The van der Waals surface area contributed by atoms with Gasteiger partial charge in [0.25, 0.3) is 5.91 Å². The highest BCUT2D eigenvalue weighted by molar-refractivity contribution is 7.22. The quantitative estimate of drug-likeness (QED) is 0.182. The molecule has 0 atom stereocenters. The topological polar surface area (TPSA) is 102 Å². The summed E-state index contributed by atoms with van der Waals surface area (Å²) < 4.78 is 27.2. The lowest BCUT2D eigenvalue weighted by Gasteiger charge is -2.37. The highest BCUT2D eigenvalue weighted by atomic mass is 32.1. The third kappa shape index (κ3) is 7.96. The van der Waals surface area contributed by atoms with E-state index in [2.05, 4.69) is 9.97 Å². The van der Waals surface area contributed by atoms with Crippen LogP contribution >= 0.6 is 11.3 Å². The third-order valence-electron chi connectivity index (χ3n) is 8.45. The molecule has 47 heavy (non-hydrogen) atoms. The summed E-state index contributed by atoms with van der Waals surface area (Å²) >= 11 is 1.42. The number of piperidine rings is 1. The molecule has 0 unspecified atom stereocenters. The van der Waals surface area contributed by atoms with Crippen molar-refractivity contribution in [1.82, 2.24) is 19.8 Å². The van der Waals surface area contributed by atoms with Crippen molar-refractivity contribution < 1.29 is 28.2 Å². The number of thiophene rings is 1. The standard InChI is InChI=1S/C36H39FN4O5S/c1-36(2,3)46-35(44)40(4)25-12-15-41(16-13-25)34(43)24-8-9-28(39-21-24)32-20-29-33(47-32)31(11-14-38-29)45-30-10-7-23(19-27(30)37)18-26(42)17-22-5-6-22/h7-11,14,19-22,25H,5-6,12-13,15-18H2,1-4H3. The Morgan fingerprint density at radius 2 is 1.77 bits per heavy atom. The highest BCUT2D eigenvalue weighted by Gasteiger charge is 2.30. The number of carbonyl (C=O) groups is 3. The van der Waals surface area contributed by atoms with Crippen molar-refractivity contribution >= 4 is 39.3 Å². The van der Waals surface area contributed by atoms with Crippen LogP contribution < -0.4 is 4.74 Å². The van der Waals surface area contributed by atoms with Crippen molar-refractivity contribution in [2.24, 2.45) is 5.92 Å². The van der Waals surface area contributed by atoms with E-state index in [1.165, 1.54) is 17.4 Å². The molecule has 0 spiro atoms. The molecule has 11 heteroatoms. The van der Waals surface area contributed by atoms with Crippen molar-refractivity contribution in [2.75, 3.05) is 20.1 Å². The van der Waals surface area contributed by atoms with Crippen LogP contribution in [0.1, 0.15) is 68.8 Å². The molecule has 0 N–H and O–H groups in total. The maximum Gasteiger partial charge on any atom is 0.410 e. The Kier molecular flexibility index (Phi) is 9.27. The fourth-order valence-electron chi connectivity index (χ4n) is 5.71. The summed E-state index contributed by atoms with van der Waals surface area (Å²) in [5.74, 6) is 0.563. The van der Waals surface area contributed by atoms with Crippen molar-refractivity contribution in [3.05, 3.63) is 71.8 Å². The van der Waals surface area contributed by atoms with E-state index in [9.17, 15) is 18.8 Å². The van der Waals surface area contributed by atoms with Crippen LogP contribution in [0, 0.1) is 11.7 Å². The lowest BCUT2D eigenvalue weighted by Crippen LogP contribution is -2.48. The molecule has 4 heterocycles. The Hall–Kier alpha value is -4.38. The number of rotatable bonds is 9. The fourth-order valence-corrected chi connectivity index (χ4v) is 6.75. The molecule has 9 nitrogen and oxygen atoms in total. The van der Waals surface area contributed by atoms with Crippen LogP contribution in [-0.4, -0.2) is 69.3 Å². The largest absolute Gasteiger partial charge is 0.453 e. The molecule has 1 aliphatic heterocycles. The van der Waals surface area contributed by atoms with Gasteiger partial charge >= 0.3 is 6.09 Å². The number of hydrogen-bond donors (Lipinski definition) is 0. The molecular weight excluding hydrogens is 619 g/mol. The minimum atomic E-state index is -0.561. The van der Waals surface area contributed by atoms with Gasteiger partial charge in [0.2, 0.25) is 0 Å². The Balaban J connectivity index is 1.09. The zero-order chi connectivity index (χ0) is 33.3. The molecule has 1 saturated carbocycles. The molecule has 0 bridgehead atoms. The van der Waals surface area contributed by atoms with Crippen LogP contribution in [-0.2, 0) is 16.0 Å². The lowest BCUT2D eigenvalue weighted by atomic mass is 10.0. The second-order valence-electron chi connectivity index (χ2n) is 13.4. The molecule has 6 rings (SSSR count). The van der Waals surface area contributed by atoms with Crippen molar-refractivity contribution in [3.63, 3.8) is 0 Å². The van der Waals surface area contributed by atoms with Crippen LogP contribution in [0.25, 0.3) is 20.8 Å². The number of amides is 2. The van der Waals surface area contributed by atoms with Gasteiger partial charge in [-0.2, -0.15) is 0 Å². The monoisotopic (exact) mass is 658 g/mol. The van der Waals surface area contributed by atoms with Gasteiger partial charge in [-0.1, -0.05) is 6.07 Å². The number of ketones is 1. The number of fused-ring (bicyclic) bond motifs is 1. The number of pyridine rings is 2. The summed E-state index contributed by atoms with van der Waals surface area (Å²) in [4.78, 5) is 51.2. The first-order valence-electron chi connectivity index (χ1n) is 16.0. The molecule has 2 aliphatic rings. The zero-order valence-electron chi connectivity index (χ0n) is 27.1. The van der Waals surface area contributed by atoms with Gasteiger partial charge in [-0.3, -0.25) is 19.6 Å². The van der Waals surface area contributed by atoms with E-state index in [0.717, 1.165) is 22.4 Å². The maximum absolute atomic E-state index is 15.0. The average Bonchev–Trinajstić information content (AvgIpc) is 3.74. The number of nitrogens with zero attached hydrogens (tertiary/aromatic N) is 4. The van der Waals surface area contributed by atoms with Gasteiger partial charge in [0.15, 0.2) is 11.6 Å². The molecule has 2 amide bonds. The summed E-state index contributed by atoms with van der Waals surface area (Å²) in [6.07, 6.45) is 7.18. The number of carbonyl (C=O) groups excluding carboxylic acids is 3. The smallest absolute Gasteiger partial charge is 0.410 e. The first-order valence-corrected chi connectivity index (χ1v) is 16.8. The minimum Gasteiger partial charge on any atom is -0.453 e. The van der Waals surface area contributed by atoms with Crippen molar-refractivity contribution in [2.45, 2.75) is 70.9 Å². The number of benzene rings is 1. The summed E-state index contributed by atoms with van der Waals surface area (Å²) in [7, 11) is 1.74. The van der Waals surface area contributed by atoms with Crippen LogP contribution in [0.3, 0.4) is 0 Å².